The number of nitrogens with one attached hydrogen (secondary N) is 2. The molecule has 3 rings (SSSR count). The van der Waals surface area contributed by atoms with Crippen LogP contribution in [0, 0.1) is 0 Å². The molecule has 0 radical (unpaired) electrons. The highest BCUT2D eigenvalue weighted by Crippen LogP contribution is 2.06. The summed E-state index contributed by atoms with van der Waals surface area (Å²) in [7, 11) is 3.26. The standard InChI is InChI=1S/C16H16N8O4/c1-8(25)11-14(26)12(21-19-9-4-6-17-23(9)2)16(28)13(15(11)27)22-20-10-5-7-18-24(10)3/h4-7,19-20,26H,1-3H3/b21-12+,22-13+. The van der Waals surface area contributed by atoms with E-state index < -0.39 is 38.7 Å². The summed E-state index contributed by atoms with van der Waals surface area (Å²) in [4.78, 5) is 37.1. The number of phenols is 1. The summed E-state index contributed by atoms with van der Waals surface area (Å²) in [5.41, 5.74) is 2.58. The summed E-state index contributed by atoms with van der Waals surface area (Å²) in [6.45, 7) is 1.09. The second-order valence-corrected chi connectivity index (χ2v) is 5.76. The van der Waals surface area contributed by atoms with Crippen molar-refractivity contribution in [2.75, 3.05) is 10.9 Å². The second kappa shape index (κ2) is 7.26. The third-order valence-electron chi connectivity index (χ3n) is 3.89. The van der Waals surface area contributed by atoms with Gasteiger partial charge in [0.1, 0.15) is 17.2 Å². The molecule has 0 atom stereocenters. The Balaban J connectivity index is 2.22. The normalized spacial score (nSPS) is 12.4. The van der Waals surface area contributed by atoms with E-state index in [9.17, 15) is 19.5 Å². The lowest BCUT2D eigenvalue weighted by Crippen LogP contribution is -2.50. The molecule has 28 heavy (non-hydrogen) atoms. The van der Waals surface area contributed by atoms with Crippen molar-refractivity contribution in [3.63, 3.8) is 0 Å². The maximum atomic E-state index is 12.7. The molecule has 0 aliphatic carbocycles. The Bertz CT molecular complexity index is 1280. The van der Waals surface area contributed by atoms with Gasteiger partial charge in [-0.1, -0.05) is 0 Å². The van der Waals surface area contributed by atoms with Gasteiger partial charge in [-0.3, -0.25) is 34.6 Å². The van der Waals surface area contributed by atoms with Gasteiger partial charge in [-0.25, -0.2) is 0 Å². The van der Waals surface area contributed by atoms with Crippen LogP contribution in [-0.4, -0.2) is 30.5 Å². The number of hydrogen-bond acceptors (Lipinski definition) is 10. The molecule has 3 N–H and O–H groups in total. The van der Waals surface area contributed by atoms with Crippen LogP contribution in [0.5, 0.6) is 5.75 Å². The number of nitrogens with zero attached hydrogens (tertiary/aromatic N) is 6. The average molecular weight is 384 g/mol. The predicted octanol–water partition coefficient (Wildman–Crippen LogP) is -1.49. The number of hydrogen-bond donors (Lipinski definition) is 3. The van der Waals surface area contributed by atoms with Crippen LogP contribution in [0.15, 0.2) is 44.3 Å². The summed E-state index contributed by atoms with van der Waals surface area (Å²) in [5.74, 6) is -0.711. The zero-order chi connectivity index (χ0) is 20.4. The van der Waals surface area contributed by atoms with Crippen molar-refractivity contribution in [1.29, 1.82) is 0 Å². The van der Waals surface area contributed by atoms with Gasteiger partial charge in [-0.05, 0) is 6.92 Å². The van der Waals surface area contributed by atoms with E-state index in [0.717, 1.165) is 6.92 Å². The summed E-state index contributed by atoms with van der Waals surface area (Å²) in [6, 6.07) is 3.15. The van der Waals surface area contributed by atoms with Gasteiger partial charge in [-0.15, -0.1) is 0 Å². The van der Waals surface area contributed by atoms with Gasteiger partial charge in [0.15, 0.2) is 22.2 Å². The Morgan fingerprint density at radius 3 is 1.89 bits per heavy atom. The fraction of sp³-hybridized carbons (Fsp3) is 0.188. The zero-order valence-electron chi connectivity index (χ0n) is 15.2. The van der Waals surface area contributed by atoms with Gasteiger partial charge in [0, 0.05) is 26.2 Å². The molecule has 2 aromatic heterocycles. The highest BCUT2D eigenvalue weighted by atomic mass is 16.3. The summed E-state index contributed by atoms with van der Waals surface area (Å²) >= 11 is 0. The van der Waals surface area contributed by atoms with Gasteiger partial charge in [0.2, 0.25) is 10.9 Å². The van der Waals surface area contributed by atoms with Gasteiger partial charge >= 0.3 is 0 Å². The van der Waals surface area contributed by atoms with Crippen molar-refractivity contribution in [3.8, 4) is 5.75 Å². The molecule has 0 spiro atoms. The van der Waals surface area contributed by atoms with E-state index in [-0.39, 0.29) is 0 Å². The summed E-state index contributed by atoms with van der Waals surface area (Å²) in [6.07, 6.45) is 2.99. The summed E-state index contributed by atoms with van der Waals surface area (Å²) in [5, 5.41) is 24.7. The molecule has 0 saturated carbocycles. The number of anilines is 2. The first kappa shape index (κ1) is 18.7. The van der Waals surface area contributed by atoms with Crippen molar-refractivity contribution in [2.24, 2.45) is 24.3 Å². The molecule has 3 aromatic rings. The molecule has 0 bridgehead atoms. The maximum Gasteiger partial charge on any atom is 0.241 e. The quantitative estimate of drug-likeness (QED) is 0.355. The fourth-order valence-electron chi connectivity index (χ4n) is 2.39. The first-order chi connectivity index (χ1) is 13.3. The van der Waals surface area contributed by atoms with E-state index >= 15 is 0 Å². The third kappa shape index (κ3) is 3.30. The van der Waals surface area contributed by atoms with E-state index in [1.807, 2.05) is 0 Å². The SMILES string of the molecule is CC(=O)c1c(O)/c(=N\Nc2ccnn2C)c(=O)/c(=N/Nc2ccnn2C)c1=O. The Hall–Kier alpha value is -4.09. The van der Waals surface area contributed by atoms with E-state index in [2.05, 4.69) is 31.3 Å². The fourth-order valence-corrected chi connectivity index (χ4v) is 2.39. The first-order valence-corrected chi connectivity index (χ1v) is 7.98. The van der Waals surface area contributed by atoms with Crippen LogP contribution >= 0.6 is 0 Å². The molecule has 1 aromatic carbocycles. The number of benzene rings is 1. The highest BCUT2D eigenvalue weighted by Gasteiger charge is 2.19. The highest BCUT2D eigenvalue weighted by molar-refractivity contribution is 5.96. The van der Waals surface area contributed by atoms with Crippen molar-refractivity contribution in [2.45, 2.75) is 6.92 Å². The van der Waals surface area contributed by atoms with Crippen LogP contribution < -0.4 is 32.4 Å². The molecular weight excluding hydrogens is 368 g/mol. The first-order valence-electron chi connectivity index (χ1n) is 7.98. The molecule has 0 unspecified atom stereocenters. The van der Waals surface area contributed by atoms with Crippen LogP contribution in [0.2, 0.25) is 0 Å². The Morgan fingerprint density at radius 2 is 1.46 bits per heavy atom. The Labute approximate surface area is 156 Å². The van der Waals surface area contributed by atoms with Crippen molar-refractivity contribution < 1.29 is 9.90 Å². The number of rotatable bonds is 5. The van der Waals surface area contributed by atoms with Crippen LogP contribution in [-0.2, 0) is 14.1 Å². The molecule has 0 amide bonds. The van der Waals surface area contributed by atoms with Crippen LogP contribution in [0.3, 0.4) is 0 Å². The van der Waals surface area contributed by atoms with E-state index in [4.69, 9.17) is 0 Å². The van der Waals surface area contributed by atoms with Crippen molar-refractivity contribution in [1.82, 2.24) is 19.6 Å². The van der Waals surface area contributed by atoms with E-state index in [0.29, 0.717) is 11.6 Å². The minimum absolute atomic E-state index is 0.405. The molecule has 12 heteroatoms. The molecule has 0 saturated heterocycles. The molecule has 12 nitrogen and oxygen atoms in total. The minimum atomic E-state index is -0.996. The summed E-state index contributed by atoms with van der Waals surface area (Å²) < 4.78 is 2.87. The third-order valence-corrected chi connectivity index (χ3v) is 3.89. The van der Waals surface area contributed by atoms with Gasteiger partial charge in [0.25, 0.3) is 0 Å². The topological polar surface area (TPSA) is 156 Å². The lowest BCUT2D eigenvalue weighted by atomic mass is 10.1. The van der Waals surface area contributed by atoms with E-state index in [1.165, 1.54) is 21.8 Å². The molecule has 144 valence electrons. The van der Waals surface area contributed by atoms with Gasteiger partial charge < -0.3 is 5.11 Å². The molecule has 0 aliphatic rings. The van der Waals surface area contributed by atoms with E-state index in [1.54, 1.807) is 26.2 Å². The Morgan fingerprint density at radius 1 is 0.964 bits per heavy atom. The number of aromatic nitrogens is 4. The molecular formula is C16H16N8O4. The molecule has 2 heterocycles. The monoisotopic (exact) mass is 384 g/mol. The molecule has 0 fully saturated rings. The van der Waals surface area contributed by atoms with Crippen LogP contribution in [0.25, 0.3) is 0 Å². The van der Waals surface area contributed by atoms with Gasteiger partial charge in [0.05, 0.1) is 12.4 Å². The predicted molar refractivity (Wildman–Crippen MR) is 97.8 cm³/mol. The number of aryl methyl sites for hydroxylation is 2. The zero-order valence-corrected chi connectivity index (χ0v) is 15.2. The van der Waals surface area contributed by atoms with Crippen LogP contribution in [0.4, 0.5) is 11.6 Å². The largest absolute Gasteiger partial charge is 0.505 e. The lowest BCUT2D eigenvalue weighted by Gasteiger charge is -2.03. The smallest absolute Gasteiger partial charge is 0.241 e. The average Bonchev–Trinajstić information content (AvgIpc) is 3.22. The number of ketones is 1. The Kier molecular flexibility index (Phi) is 4.85. The molecule has 0 aliphatic heterocycles. The second-order valence-electron chi connectivity index (χ2n) is 5.76. The number of phenolic OH excluding ortho intramolecular Hbond substituents is 1. The van der Waals surface area contributed by atoms with Crippen LogP contribution in [0.1, 0.15) is 17.3 Å². The minimum Gasteiger partial charge on any atom is -0.505 e. The number of carbonyl (C=O) groups excluding carboxylic acids is 1. The van der Waals surface area contributed by atoms with Crippen molar-refractivity contribution in [3.05, 3.63) is 61.3 Å². The lowest BCUT2D eigenvalue weighted by molar-refractivity contribution is 0.101. The van der Waals surface area contributed by atoms with Crippen molar-refractivity contribution >= 4 is 17.4 Å². The van der Waals surface area contributed by atoms with Gasteiger partial charge in [-0.2, -0.15) is 20.4 Å². The maximum absolute atomic E-state index is 12.7. The number of aromatic hydroxyl groups is 1. The number of Topliss-reactive ketones (excluding diaryl/α,β-unsaturated/α-hetero) is 1. The number of carbonyl (C=O) groups is 1.